The van der Waals surface area contributed by atoms with Gasteiger partial charge in [0.15, 0.2) is 12.4 Å². The molecule has 0 aliphatic carbocycles. The molecule has 3 rings (SSSR count). The number of hydrogen-bond acceptors (Lipinski definition) is 4. The molecular weight excluding hydrogens is 316 g/mol. The van der Waals surface area contributed by atoms with Crippen LogP contribution in [0, 0.1) is 13.8 Å². The second-order valence-electron chi connectivity index (χ2n) is 5.74. The number of rotatable bonds is 6. The first kappa shape index (κ1) is 16.7. The van der Waals surface area contributed by atoms with Crippen molar-refractivity contribution >= 4 is 5.91 Å². The topological polar surface area (TPSA) is 69.0 Å². The third-order valence-electron chi connectivity index (χ3n) is 3.64. The molecule has 25 heavy (non-hydrogen) atoms. The molecule has 6 heteroatoms. The number of ether oxygens (including phenoxy) is 1. The minimum Gasteiger partial charge on any atom is -0.484 e. The fraction of sp³-hybridized carbons (Fsp3) is 0.211. The average molecular weight is 336 g/mol. The van der Waals surface area contributed by atoms with E-state index in [1.807, 2.05) is 62.4 Å². The Hall–Kier alpha value is -3.15. The van der Waals surface area contributed by atoms with E-state index in [1.54, 1.807) is 10.9 Å². The van der Waals surface area contributed by atoms with Crippen LogP contribution in [0.3, 0.4) is 0 Å². The second-order valence-corrected chi connectivity index (χ2v) is 5.74. The maximum absolute atomic E-state index is 11.9. The molecule has 0 aliphatic rings. The zero-order chi connectivity index (χ0) is 17.6. The van der Waals surface area contributed by atoms with E-state index in [-0.39, 0.29) is 12.5 Å². The molecule has 0 radical (unpaired) electrons. The van der Waals surface area contributed by atoms with Crippen LogP contribution >= 0.6 is 0 Å². The summed E-state index contributed by atoms with van der Waals surface area (Å²) in [6.45, 7) is 4.33. The molecule has 1 aromatic carbocycles. The van der Waals surface area contributed by atoms with Crippen LogP contribution in [0.15, 0.2) is 54.7 Å². The minimum atomic E-state index is -0.175. The van der Waals surface area contributed by atoms with Crippen LogP contribution in [0.4, 0.5) is 0 Å². The molecule has 0 unspecified atom stereocenters. The SMILES string of the molecule is Cc1cc(C)n(-c2ccc(CNC(=O)COc3ccccc3)cn2)n1. The van der Waals surface area contributed by atoms with E-state index in [0.717, 1.165) is 22.8 Å². The number of aromatic nitrogens is 3. The minimum absolute atomic E-state index is 0.0126. The summed E-state index contributed by atoms with van der Waals surface area (Å²) in [7, 11) is 0. The number of nitrogens with zero attached hydrogens (tertiary/aromatic N) is 3. The van der Waals surface area contributed by atoms with Gasteiger partial charge in [0.2, 0.25) is 0 Å². The second kappa shape index (κ2) is 7.61. The maximum atomic E-state index is 11.9. The van der Waals surface area contributed by atoms with Crippen molar-refractivity contribution in [3.05, 3.63) is 71.7 Å². The first-order chi connectivity index (χ1) is 12.1. The van der Waals surface area contributed by atoms with E-state index in [0.29, 0.717) is 12.3 Å². The van der Waals surface area contributed by atoms with Gasteiger partial charge in [0.25, 0.3) is 5.91 Å². The summed E-state index contributed by atoms with van der Waals surface area (Å²) in [6, 6.07) is 15.1. The number of amides is 1. The molecular formula is C19H20N4O2. The van der Waals surface area contributed by atoms with Crippen LogP contribution in [0.1, 0.15) is 17.0 Å². The van der Waals surface area contributed by atoms with Gasteiger partial charge in [0, 0.05) is 18.4 Å². The summed E-state index contributed by atoms with van der Waals surface area (Å²) in [5.41, 5.74) is 2.90. The van der Waals surface area contributed by atoms with Crippen molar-refractivity contribution in [2.75, 3.05) is 6.61 Å². The van der Waals surface area contributed by atoms with Crippen molar-refractivity contribution in [1.82, 2.24) is 20.1 Å². The lowest BCUT2D eigenvalue weighted by atomic mass is 10.3. The molecule has 2 aromatic heterocycles. The number of carbonyl (C=O) groups excluding carboxylic acids is 1. The Morgan fingerprint density at radius 1 is 1.16 bits per heavy atom. The zero-order valence-electron chi connectivity index (χ0n) is 14.3. The summed E-state index contributed by atoms with van der Waals surface area (Å²) in [4.78, 5) is 16.3. The highest BCUT2D eigenvalue weighted by Crippen LogP contribution is 2.10. The lowest BCUT2D eigenvalue weighted by molar-refractivity contribution is -0.123. The summed E-state index contributed by atoms with van der Waals surface area (Å²) < 4.78 is 7.21. The highest BCUT2D eigenvalue weighted by atomic mass is 16.5. The fourth-order valence-corrected chi connectivity index (χ4v) is 2.42. The van der Waals surface area contributed by atoms with Gasteiger partial charge in [-0.2, -0.15) is 5.10 Å². The molecule has 6 nitrogen and oxygen atoms in total. The quantitative estimate of drug-likeness (QED) is 0.751. The Morgan fingerprint density at radius 3 is 2.60 bits per heavy atom. The molecule has 0 spiro atoms. The predicted molar refractivity (Wildman–Crippen MR) is 94.6 cm³/mol. The molecule has 1 N–H and O–H groups in total. The molecule has 1 amide bonds. The number of hydrogen-bond donors (Lipinski definition) is 1. The predicted octanol–water partition coefficient (Wildman–Crippen LogP) is 2.58. The Labute approximate surface area is 146 Å². The molecule has 0 fully saturated rings. The molecule has 128 valence electrons. The van der Waals surface area contributed by atoms with Gasteiger partial charge in [-0.15, -0.1) is 0 Å². The lowest BCUT2D eigenvalue weighted by Gasteiger charge is -2.08. The number of carbonyl (C=O) groups is 1. The van der Waals surface area contributed by atoms with E-state index < -0.39 is 0 Å². The van der Waals surface area contributed by atoms with Crippen LogP contribution in [0.5, 0.6) is 5.75 Å². The molecule has 3 aromatic rings. The van der Waals surface area contributed by atoms with Gasteiger partial charge >= 0.3 is 0 Å². The maximum Gasteiger partial charge on any atom is 0.258 e. The van der Waals surface area contributed by atoms with Gasteiger partial charge in [0.05, 0.1) is 5.69 Å². The largest absolute Gasteiger partial charge is 0.484 e. The zero-order valence-corrected chi connectivity index (χ0v) is 14.3. The molecule has 0 aliphatic heterocycles. The molecule has 0 saturated heterocycles. The van der Waals surface area contributed by atoms with Gasteiger partial charge in [-0.05, 0) is 43.7 Å². The van der Waals surface area contributed by atoms with Crippen LogP contribution in [0.25, 0.3) is 5.82 Å². The van der Waals surface area contributed by atoms with Gasteiger partial charge < -0.3 is 10.1 Å². The van der Waals surface area contributed by atoms with Crippen LogP contribution in [-0.4, -0.2) is 27.3 Å². The number of pyridine rings is 1. The van der Waals surface area contributed by atoms with Gasteiger partial charge in [-0.25, -0.2) is 9.67 Å². The van der Waals surface area contributed by atoms with Crippen molar-refractivity contribution < 1.29 is 9.53 Å². The summed E-state index contributed by atoms with van der Waals surface area (Å²) >= 11 is 0. The Kier molecular flexibility index (Phi) is 5.09. The van der Waals surface area contributed by atoms with Crippen molar-refractivity contribution in [1.29, 1.82) is 0 Å². The normalized spacial score (nSPS) is 10.5. The standard InChI is InChI=1S/C19H20N4O2/c1-14-10-15(2)23(22-14)18-9-8-16(11-20-18)12-21-19(24)13-25-17-6-4-3-5-7-17/h3-11H,12-13H2,1-2H3,(H,21,24). The van der Waals surface area contributed by atoms with Crippen LogP contribution < -0.4 is 10.1 Å². The molecule has 2 heterocycles. The van der Waals surface area contributed by atoms with E-state index in [9.17, 15) is 4.79 Å². The first-order valence-electron chi connectivity index (χ1n) is 8.05. The number of aryl methyl sites for hydroxylation is 2. The van der Waals surface area contributed by atoms with E-state index in [1.165, 1.54) is 0 Å². The van der Waals surface area contributed by atoms with E-state index >= 15 is 0 Å². The highest BCUT2D eigenvalue weighted by Gasteiger charge is 2.06. The summed E-state index contributed by atoms with van der Waals surface area (Å²) in [5.74, 6) is 1.26. The van der Waals surface area contributed by atoms with Crippen molar-refractivity contribution in [3.8, 4) is 11.6 Å². The third kappa shape index (κ3) is 4.44. The lowest BCUT2D eigenvalue weighted by Crippen LogP contribution is -2.28. The van der Waals surface area contributed by atoms with Gasteiger partial charge in [-0.3, -0.25) is 4.79 Å². The monoisotopic (exact) mass is 336 g/mol. The summed E-state index contributed by atoms with van der Waals surface area (Å²) in [6.07, 6.45) is 1.74. The van der Waals surface area contributed by atoms with E-state index in [2.05, 4.69) is 15.4 Å². The number of benzene rings is 1. The average Bonchev–Trinajstić information content (AvgIpc) is 2.98. The fourth-order valence-electron chi connectivity index (χ4n) is 2.42. The van der Waals surface area contributed by atoms with Gasteiger partial charge in [0.1, 0.15) is 5.75 Å². The van der Waals surface area contributed by atoms with Crippen molar-refractivity contribution in [3.63, 3.8) is 0 Å². The Bertz CT molecular complexity index is 842. The first-order valence-corrected chi connectivity index (χ1v) is 8.05. The smallest absolute Gasteiger partial charge is 0.258 e. The Morgan fingerprint density at radius 2 is 1.96 bits per heavy atom. The van der Waals surface area contributed by atoms with Crippen LogP contribution in [0.2, 0.25) is 0 Å². The summed E-state index contributed by atoms with van der Waals surface area (Å²) in [5, 5.41) is 7.22. The third-order valence-corrected chi connectivity index (χ3v) is 3.64. The van der Waals surface area contributed by atoms with Gasteiger partial charge in [-0.1, -0.05) is 24.3 Å². The van der Waals surface area contributed by atoms with E-state index in [4.69, 9.17) is 4.74 Å². The van der Waals surface area contributed by atoms with Crippen molar-refractivity contribution in [2.24, 2.45) is 0 Å². The highest BCUT2D eigenvalue weighted by molar-refractivity contribution is 5.77. The van der Waals surface area contributed by atoms with Crippen molar-refractivity contribution in [2.45, 2.75) is 20.4 Å². The van der Waals surface area contributed by atoms with Crippen LogP contribution in [-0.2, 0) is 11.3 Å². The number of nitrogens with one attached hydrogen (secondary N) is 1. The molecule has 0 saturated carbocycles. The Balaban J connectivity index is 1.51. The number of para-hydroxylation sites is 1. The molecule has 0 atom stereocenters. The molecule has 0 bridgehead atoms.